The molecule has 0 fully saturated rings. The standard InChI is InChI=1S/C17H19N3O4S/c1-11-8-15(20-24-11)19-17(22)10-25-9-16(21)18-13-6-7-23-14-5-3-2-4-12(13)14/h2-5,8,13H,6-7,9-10H2,1H3,(H,18,21)(H,19,20,22)/t13-/m0/s1. The highest BCUT2D eigenvalue weighted by Crippen LogP contribution is 2.31. The summed E-state index contributed by atoms with van der Waals surface area (Å²) in [5.74, 6) is 1.88. The van der Waals surface area contributed by atoms with Gasteiger partial charge in [-0.2, -0.15) is 0 Å². The molecule has 1 aromatic carbocycles. The van der Waals surface area contributed by atoms with Gasteiger partial charge in [-0.05, 0) is 13.0 Å². The molecule has 1 aromatic heterocycles. The van der Waals surface area contributed by atoms with E-state index in [-0.39, 0.29) is 29.4 Å². The molecule has 0 spiro atoms. The Labute approximate surface area is 149 Å². The minimum atomic E-state index is -0.220. The molecule has 1 aliphatic heterocycles. The van der Waals surface area contributed by atoms with E-state index in [1.54, 1.807) is 13.0 Å². The number of rotatable bonds is 6. The Morgan fingerprint density at radius 1 is 1.28 bits per heavy atom. The normalized spacial score (nSPS) is 15.8. The summed E-state index contributed by atoms with van der Waals surface area (Å²) in [6, 6.07) is 9.28. The Morgan fingerprint density at radius 2 is 2.08 bits per heavy atom. The van der Waals surface area contributed by atoms with Gasteiger partial charge in [0.1, 0.15) is 11.5 Å². The number of fused-ring (bicyclic) bond motifs is 1. The van der Waals surface area contributed by atoms with Crippen molar-refractivity contribution in [3.63, 3.8) is 0 Å². The van der Waals surface area contributed by atoms with Crippen LogP contribution in [0.1, 0.15) is 23.8 Å². The van der Waals surface area contributed by atoms with Crippen LogP contribution in [0.2, 0.25) is 0 Å². The number of nitrogens with one attached hydrogen (secondary N) is 2. The number of anilines is 1. The van der Waals surface area contributed by atoms with Crippen LogP contribution in [-0.4, -0.2) is 35.1 Å². The molecule has 2 aromatic rings. The molecule has 0 bridgehead atoms. The third kappa shape index (κ3) is 4.76. The Bertz CT molecular complexity index is 762. The number of carbonyl (C=O) groups excluding carboxylic acids is 2. The first-order valence-corrected chi connectivity index (χ1v) is 9.09. The predicted molar refractivity (Wildman–Crippen MR) is 94.6 cm³/mol. The number of para-hydroxylation sites is 1. The van der Waals surface area contributed by atoms with Gasteiger partial charge in [0.2, 0.25) is 11.8 Å². The first-order valence-electron chi connectivity index (χ1n) is 7.94. The average molecular weight is 361 g/mol. The zero-order chi connectivity index (χ0) is 17.6. The highest BCUT2D eigenvalue weighted by Gasteiger charge is 2.22. The van der Waals surface area contributed by atoms with Gasteiger partial charge in [0.25, 0.3) is 0 Å². The molecule has 132 valence electrons. The lowest BCUT2D eigenvalue weighted by Crippen LogP contribution is -2.33. The Balaban J connectivity index is 1.42. The van der Waals surface area contributed by atoms with Crippen molar-refractivity contribution in [2.45, 2.75) is 19.4 Å². The molecular weight excluding hydrogens is 342 g/mol. The quantitative estimate of drug-likeness (QED) is 0.820. The zero-order valence-corrected chi connectivity index (χ0v) is 14.6. The van der Waals surface area contributed by atoms with Crippen molar-refractivity contribution in [3.05, 3.63) is 41.7 Å². The SMILES string of the molecule is Cc1cc(NC(=O)CSCC(=O)N[C@H]2CCOc3ccccc32)no1. The molecule has 0 radical (unpaired) electrons. The summed E-state index contributed by atoms with van der Waals surface area (Å²) in [5.41, 5.74) is 0.992. The molecule has 2 heterocycles. The maximum absolute atomic E-state index is 12.1. The van der Waals surface area contributed by atoms with E-state index in [0.29, 0.717) is 18.2 Å². The summed E-state index contributed by atoms with van der Waals surface area (Å²) >= 11 is 1.25. The van der Waals surface area contributed by atoms with Crippen LogP contribution in [0.15, 0.2) is 34.9 Å². The lowest BCUT2D eigenvalue weighted by molar-refractivity contribution is -0.119. The van der Waals surface area contributed by atoms with Crippen molar-refractivity contribution in [2.75, 3.05) is 23.4 Å². The van der Waals surface area contributed by atoms with Crippen LogP contribution >= 0.6 is 11.8 Å². The third-order valence-electron chi connectivity index (χ3n) is 3.66. The number of hydrogen-bond acceptors (Lipinski definition) is 6. The molecule has 1 atom stereocenters. The van der Waals surface area contributed by atoms with Crippen LogP contribution in [0.4, 0.5) is 5.82 Å². The smallest absolute Gasteiger partial charge is 0.235 e. The molecule has 2 amide bonds. The fourth-order valence-electron chi connectivity index (χ4n) is 2.57. The van der Waals surface area contributed by atoms with Gasteiger partial charge in [0.05, 0.1) is 24.2 Å². The summed E-state index contributed by atoms with van der Waals surface area (Å²) in [4.78, 5) is 23.9. The van der Waals surface area contributed by atoms with E-state index in [0.717, 1.165) is 17.7 Å². The van der Waals surface area contributed by atoms with E-state index in [1.165, 1.54) is 11.8 Å². The number of benzene rings is 1. The van der Waals surface area contributed by atoms with Gasteiger partial charge in [-0.15, -0.1) is 11.8 Å². The maximum atomic E-state index is 12.1. The van der Waals surface area contributed by atoms with Crippen molar-refractivity contribution in [1.82, 2.24) is 10.5 Å². The number of amides is 2. The van der Waals surface area contributed by atoms with Gasteiger partial charge in [-0.1, -0.05) is 23.4 Å². The van der Waals surface area contributed by atoms with E-state index in [2.05, 4.69) is 15.8 Å². The number of thioether (sulfide) groups is 1. The molecule has 2 N–H and O–H groups in total. The maximum Gasteiger partial charge on any atom is 0.235 e. The molecule has 25 heavy (non-hydrogen) atoms. The number of carbonyl (C=O) groups is 2. The van der Waals surface area contributed by atoms with E-state index in [1.807, 2.05) is 24.3 Å². The van der Waals surface area contributed by atoms with Gasteiger partial charge in [0, 0.05) is 18.1 Å². The third-order valence-corrected chi connectivity index (χ3v) is 4.59. The van der Waals surface area contributed by atoms with Crippen LogP contribution in [-0.2, 0) is 9.59 Å². The second-order valence-corrected chi connectivity index (χ2v) is 6.64. The predicted octanol–water partition coefficient (Wildman–Crippen LogP) is 2.29. The topological polar surface area (TPSA) is 93.5 Å². The first kappa shape index (κ1) is 17.3. The van der Waals surface area contributed by atoms with Crippen LogP contribution in [0.5, 0.6) is 5.75 Å². The molecule has 0 unspecified atom stereocenters. The average Bonchev–Trinajstić information content (AvgIpc) is 3.00. The van der Waals surface area contributed by atoms with Crippen LogP contribution in [0.3, 0.4) is 0 Å². The molecular formula is C17H19N3O4S. The fraction of sp³-hybridized carbons (Fsp3) is 0.353. The largest absolute Gasteiger partial charge is 0.493 e. The van der Waals surface area contributed by atoms with Gasteiger partial charge in [-0.3, -0.25) is 9.59 Å². The fourth-order valence-corrected chi connectivity index (χ4v) is 3.20. The van der Waals surface area contributed by atoms with E-state index in [4.69, 9.17) is 9.26 Å². The molecule has 0 saturated heterocycles. The van der Waals surface area contributed by atoms with E-state index >= 15 is 0 Å². The Morgan fingerprint density at radius 3 is 2.88 bits per heavy atom. The molecule has 0 aliphatic carbocycles. The minimum absolute atomic E-state index is 0.0509. The monoisotopic (exact) mass is 361 g/mol. The number of ether oxygens (including phenoxy) is 1. The minimum Gasteiger partial charge on any atom is -0.493 e. The van der Waals surface area contributed by atoms with Crippen LogP contribution in [0.25, 0.3) is 0 Å². The first-order chi connectivity index (χ1) is 12.1. The van der Waals surface area contributed by atoms with Crippen LogP contribution < -0.4 is 15.4 Å². The van der Waals surface area contributed by atoms with Crippen molar-refractivity contribution < 1.29 is 18.8 Å². The summed E-state index contributed by atoms with van der Waals surface area (Å²) in [7, 11) is 0. The van der Waals surface area contributed by atoms with E-state index < -0.39 is 0 Å². The number of aryl methyl sites for hydroxylation is 1. The number of aromatic nitrogens is 1. The van der Waals surface area contributed by atoms with Gasteiger partial charge in [0.15, 0.2) is 5.82 Å². The highest BCUT2D eigenvalue weighted by atomic mass is 32.2. The van der Waals surface area contributed by atoms with Gasteiger partial charge < -0.3 is 19.9 Å². The second-order valence-electron chi connectivity index (χ2n) is 5.66. The Hall–Kier alpha value is -2.48. The number of hydrogen-bond donors (Lipinski definition) is 2. The van der Waals surface area contributed by atoms with Gasteiger partial charge >= 0.3 is 0 Å². The van der Waals surface area contributed by atoms with Crippen molar-refractivity contribution >= 4 is 29.4 Å². The van der Waals surface area contributed by atoms with E-state index in [9.17, 15) is 9.59 Å². The van der Waals surface area contributed by atoms with Crippen molar-refractivity contribution in [1.29, 1.82) is 0 Å². The summed E-state index contributed by atoms with van der Waals surface area (Å²) < 4.78 is 10.5. The van der Waals surface area contributed by atoms with Crippen molar-refractivity contribution in [2.24, 2.45) is 0 Å². The molecule has 8 heteroatoms. The highest BCUT2D eigenvalue weighted by molar-refractivity contribution is 8.00. The molecule has 1 aliphatic rings. The Kier molecular flexibility index (Phi) is 5.60. The molecule has 7 nitrogen and oxygen atoms in total. The summed E-state index contributed by atoms with van der Waals surface area (Å²) in [5, 5.41) is 9.31. The second kappa shape index (κ2) is 8.06. The molecule has 3 rings (SSSR count). The number of nitrogens with zero attached hydrogens (tertiary/aromatic N) is 1. The zero-order valence-electron chi connectivity index (χ0n) is 13.8. The summed E-state index contributed by atoms with van der Waals surface area (Å²) in [6.07, 6.45) is 0.736. The lowest BCUT2D eigenvalue weighted by atomic mass is 10.0. The molecule has 0 saturated carbocycles. The van der Waals surface area contributed by atoms with Crippen LogP contribution in [0, 0.1) is 6.92 Å². The summed E-state index contributed by atoms with van der Waals surface area (Å²) in [6.45, 7) is 2.32. The van der Waals surface area contributed by atoms with Crippen molar-refractivity contribution in [3.8, 4) is 5.75 Å². The van der Waals surface area contributed by atoms with Gasteiger partial charge in [-0.25, -0.2) is 0 Å². The lowest BCUT2D eigenvalue weighted by Gasteiger charge is -2.26.